The van der Waals surface area contributed by atoms with Gasteiger partial charge in [0, 0.05) is 6.61 Å². The monoisotopic (exact) mass is 129 g/mol. The normalized spacial score (nSPS) is 35.3. The molecule has 0 radical (unpaired) electrons. The Morgan fingerprint density at radius 1 is 1.33 bits per heavy atom. The van der Waals surface area contributed by atoms with Crippen molar-refractivity contribution in [1.29, 1.82) is 0 Å². The lowest BCUT2D eigenvalue weighted by Gasteiger charge is -2.04. The Hall–Kier alpha value is -0.0800. The van der Waals surface area contributed by atoms with Gasteiger partial charge in [-0.2, -0.15) is 0 Å². The van der Waals surface area contributed by atoms with Crippen LogP contribution in [0.5, 0.6) is 0 Å². The van der Waals surface area contributed by atoms with Gasteiger partial charge in [-0.05, 0) is 37.6 Å². The number of hydrogen-bond donors (Lipinski definition) is 2. The second-order valence-corrected chi connectivity index (χ2v) is 2.96. The standard InChI is InChI=1S/C7H15NO/c8-4-6-1-2-7(3-6)5-9/h6-7,9H,1-5,8H2/t6-,7+/m1/s1. The van der Waals surface area contributed by atoms with Gasteiger partial charge in [0.15, 0.2) is 0 Å². The zero-order valence-corrected chi connectivity index (χ0v) is 5.71. The van der Waals surface area contributed by atoms with E-state index in [1.54, 1.807) is 0 Å². The lowest BCUT2D eigenvalue weighted by atomic mass is 10.1. The van der Waals surface area contributed by atoms with Gasteiger partial charge in [-0.15, -0.1) is 0 Å². The minimum absolute atomic E-state index is 0.358. The lowest BCUT2D eigenvalue weighted by Crippen LogP contribution is -2.11. The van der Waals surface area contributed by atoms with Crippen molar-refractivity contribution in [2.24, 2.45) is 17.6 Å². The average Bonchev–Trinajstić information content (AvgIpc) is 2.34. The van der Waals surface area contributed by atoms with Gasteiger partial charge in [-0.3, -0.25) is 0 Å². The van der Waals surface area contributed by atoms with E-state index in [-0.39, 0.29) is 0 Å². The summed E-state index contributed by atoms with van der Waals surface area (Å²) in [6, 6.07) is 0. The molecule has 0 bridgehead atoms. The molecule has 0 unspecified atom stereocenters. The zero-order chi connectivity index (χ0) is 6.69. The van der Waals surface area contributed by atoms with Crippen LogP contribution in [-0.2, 0) is 0 Å². The van der Waals surface area contributed by atoms with E-state index in [1.807, 2.05) is 0 Å². The lowest BCUT2D eigenvalue weighted by molar-refractivity contribution is 0.226. The van der Waals surface area contributed by atoms with E-state index in [2.05, 4.69) is 0 Å². The summed E-state index contributed by atoms with van der Waals surface area (Å²) in [4.78, 5) is 0. The molecule has 0 amide bonds. The number of nitrogens with two attached hydrogens (primary N) is 1. The molecule has 9 heavy (non-hydrogen) atoms. The molecule has 0 spiro atoms. The maximum absolute atomic E-state index is 8.74. The molecule has 1 aliphatic rings. The molecule has 2 nitrogen and oxygen atoms in total. The van der Waals surface area contributed by atoms with Gasteiger partial charge in [0.1, 0.15) is 0 Å². The maximum atomic E-state index is 8.74. The molecule has 0 aromatic carbocycles. The predicted octanol–water partition coefficient (Wildman–Crippen LogP) is 0.354. The highest BCUT2D eigenvalue weighted by atomic mass is 16.3. The van der Waals surface area contributed by atoms with E-state index >= 15 is 0 Å². The van der Waals surface area contributed by atoms with Crippen molar-refractivity contribution >= 4 is 0 Å². The summed E-state index contributed by atoms with van der Waals surface area (Å²) in [7, 11) is 0. The largest absolute Gasteiger partial charge is 0.396 e. The first-order valence-electron chi connectivity index (χ1n) is 3.67. The van der Waals surface area contributed by atoms with E-state index in [9.17, 15) is 0 Å². The van der Waals surface area contributed by atoms with Gasteiger partial charge in [0.05, 0.1) is 0 Å². The van der Waals surface area contributed by atoms with Crippen LogP contribution in [0.15, 0.2) is 0 Å². The van der Waals surface area contributed by atoms with Crippen LogP contribution in [0.3, 0.4) is 0 Å². The molecule has 0 saturated heterocycles. The molecule has 0 aromatic heterocycles. The molecule has 0 aromatic rings. The highest BCUT2D eigenvalue weighted by Gasteiger charge is 2.22. The summed E-state index contributed by atoms with van der Waals surface area (Å²) < 4.78 is 0. The summed E-state index contributed by atoms with van der Waals surface area (Å²) in [5.41, 5.74) is 5.47. The third-order valence-electron chi connectivity index (χ3n) is 2.24. The van der Waals surface area contributed by atoms with Crippen molar-refractivity contribution in [3.8, 4) is 0 Å². The van der Waals surface area contributed by atoms with Crippen LogP contribution in [0.1, 0.15) is 19.3 Å². The number of hydrogen-bond acceptors (Lipinski definition) is 2. The zero-order valence-electron chi connectivity index (χ0n) is 5.71. The molecule has 1 aliphatic carbocycles. The second-order valence-electron chi connectivity index (χ2n) is 2.96. The quantitative estimate of drug-likeness (QED) is 0.565. The topological polar surface area (TPSA) is 46.2 Å². The Labute approximate surface area is 56.1 Å². The fraction of sp³-hybridized carbons (Fsp3) is 1.00. The minimum atomic E-state index is 0.358. The smallest absolute Gasteiger partial charge is 0.0459 e. The SMILES string of the molecule is NC[C@@H]1CC[C@H](CO)C1. The number of aliphatic hydroxyl groups excluding tert-OH is 1. The average molecular weight is 129 g/mol. The van der Waals surface area contributed by atoms with Crippen molar-refractivity contribution in [2.45, 2.75) is 19.3 Å². The molecule has 3 N–H and O–H groups in total. The maximum Gasteiger partial charge on any atom is 0.0459 e. The van der Waals surface area contributed by atoms with Gasteiger partial charge < -0.3 is 10.8 Å². The van der Waals surface area contributed by atoms with Crippen molar-refractivity contribution in [3.05, 3.63) is 0 Å². The fourth-order valence-corrected chi connectivity index (χ4v) is 1.56. The molecular weight excluding hydrogens is 114 g/mol. The van der Waals surface area contributed by atoms with E-state index < -0.39 is 0 Å². The molecule has 1 rings (SSSR count). The third-order valence-corrected chi connectivity index (χ3v) is 2.24. The molecule has 0 aliphatic heterocycles. The molecule has 1 saturated carbocycles. The Morgan fingerprint density at radius 2 is 2.00 bits per heavy atom. The van der Waals surface area contributed by atoms with Crippen LogP contribution < -0.4 is 5.73 Å². The van der Waals surface area contributed by atoms with Crippen molar-refractivity contribution in [1.82, 2.24) is 0 Å². The first-order chi connectivity index (χ1) is 4.36. The highest BCUT2D eigenvalue weighted by Crippen LogP contribution is 2.29. The number of aliphatic hydroxyl groups is 1. The fourth-order valence-electron chi connectivity index (χ4n) is 1.56. The van der Waals surface area contributed by atoms with Crippen LogP contribution in [0.4, 0.5) is 0 Å². The van der Waals surface area contributed by atoms with E-state index in [0.717, 1.165) is 13.0 Å². The summed E-state index contributed by atoms with van der Waals surface area (Å²) in [5, 5.41) is 8.74. The van der Waals surface area contributed by atoms with E-state index in [4.69, 9.17) is 10.8 Å². The van der Waals surface area contributed by atoms with Crippen LogP contribution in [-0.4, -0.2) is 18.3 Å². The van der Waals surface area contributed by atoms with Crippen LogP contribution in [0.25, 0.3) is 0 Å². The van der Waals surface area contributed by atoms with Crippen molar-refractivity contribution in [3.63, 3.8) is 0 Å². The summed E-state index contributed by atoms with van der Waals surface area (Å²) in [6.45, 7) is 1.16. The summed E-state index contributed by atoms with van der Waals surface area (Å²) >= 11 is 0. The van der Waals surface area contributed by atoms with Gasteiger partial charge >= 0.3 is 0 Å². The molecule has 0 heterocycles. The molecule has 2 atom stereocenters. The molecule has 54 valence electrons. The van der Waals surface area contributed by atoms with E-state index in [0.29, 0.717) is 18.4 Å². The molecule has 2 heteroatoms. The Morgan fingerprint density at radius 3 is 2.33 bits per heavy atom. The predicted molar refractivity (Wildman–Crippen MR) is 37.0 cm³/mol. The van der Waals surface area contributed by atoms with Gasteiger partial charge in [-0.25, -0.2) is 0 Å². The van der Waals surface area contributed by atoms with Gasteiger partial charge in [-0.1, -0.05) is 0 Å². The van der Waals surface area contributed by atoms with Crippen molar-refractivity contribution in [2.75, 3.05) is 13.2 Å². The van der Waals surface area contributed by atoms with Gasteiger partial charge in [0.2, 0.25) is 0 Å². The molecular formula is C7H15NO. The highest BCUT2D eigenvalue weighted by molar-refractivity contribution is 4.74. The second kappa shape index (κ2) is 3.18. The Bertz CT molecular complexity index is 75.0. The van der Waals surface area contributed by atoms with E-state index in [1.165, 1.54) is 12.8 Å². The summed E-state index contributed by atoms with van der Waals surface area (Å²) in [6.07, 6.45) is 3.55. The van der Waals surface area contributed by atoms with Gasteiger partial charge in [0.25, 0.3) is 0 Å². The first kappa shape index (κ1) is 7.03. The Balaban J connectivity index is 2.20. The van der Waals surface area contributed by atoms with Crippen LogP contribution in [0.2, 0.25) is 0 Å². The first-order valence-corrected chi connectivity index (χ1v) is 3.67. The Kier molecular flexibility index (Phi) is 2.49. The van der Waals surface area contributed by atoms with Crippen molar-refractivity contribution < 1.29 is 5.11 Å². The number of rotatable bonds is 2. The molecule has 1 fully saturated rings. The van der Waals surface area contributed by atoms with Crippen LogP contribution in [0, 0.1) is 11.8 Å². The van der Waals surface area contributed by atoms with Crippen LogP contribution >= 0.6 is 0 Å². The third kappa shape index (κ3) is 1.66. The summed E-state index contributed by atoms with van der Waals surface area (Å²) in [5.74, 6) is 1.25. The minimum Gasteiger partial charge on any atom is -0.396 e.